The molecule has 28 heavy (non-hydrogen) atoms. The normalized spacial score (nSPS) is 18.1. The van der Waals surface area contributed by atoms with Crippen LogP contribution in [0.4, 0.5) is 5.69 Å². The number of hydrogen-bond donors (Lipinski definition) is 2. The molecule has 1 saturated carbocycles. The summed E-state index contributed by atoms with van der Waals surface area (Å²) in [6.45, 7) is 5.93. The van der Waals surface area contributed by atoms with Crippen LogP contribution in [0.15, 0.2) is 23.2 Å². The van der Waals surface area contributed by atoms with E-state index in [0.29, 0.717) is 13.2 Å². The Morgan fingerprint density at radius 2 is 1.89 bits per heavy atom. The van der Waals surface area contributed by atoms with Crippen molar-refractivity contribution in [2.24, 2.45) is 10.4 Å². The summed E-state index contributed by atoms with van der Waals surface area (Å²) in [7, 11) is 1.78. The van der Waals surface area contributed by atoms with Gasteiger partial charge in [-0.25, -0.2) is 0 Å². The van der Waals surface area contributed by atoms with Crippen molar-refractivity contribution in [2.45, 2.75) is 45.4 Å². The molecule has 2 N–H and O–H groups in total. The van der Waals surface area contributed by atoms with Crippen molar-refractivity contribution in [1.82, 2.24) is 5.32 Å². The van der Waals surface area contributed by atoms with E-state index in [1.807, 2.05) is 18.2 Å². The molecule has 0 aromatic heterocycles. The number of ether oxygens (including phenoxy) is 3. The van der Waals surface area contributed by atoms with Crippen LogP contribution >= 0.6 is 24.0 Å². The van der Waals surface area contributed by atoms with E-state index in [0.717, 1.165) is 55.7 Å². The second kappa shape index (κ2) is 11.7. The average molecular weight is 503 g/mol. The molecule has 0 amide bonds. The standard InChI is InChI=1S/C21H33N3O3.HI/c1-3-22-20(23-16-21(11-14-25-2)9-4-5-10-21)24-17-7-8-18-19(15-17)27-13-6-12-26-18;/h7-8,15H,3-6,9-14,16H2,1-2H3,(H2,22,23,24);1H. The van der Waals surface area contributed by atoms with E-state index in [2.05, 4.69) is 17.6 Å². The van der Waals surface area contributed by atoms with Gasteiger partial charge in [0.1, 0.15) is 0 Å². The van der Waals surface area contributed by atoms with Crippen LogP contribution in [-0.4, -0.2) is 46.0 Å². The molecule has 0 bridgehead atoms. The zero-order chi connectivity index (χ0) is 19.0. The summed E-state index contributed by atoms with van der Waals surface area (Å²) >= 11 is 0. The Bertz CT molecular complexity index is 633. The zero-order valence-corrected chi connectivity index (χ0v) is 19.4. The molecule has 3 rings (SSSR count). The van der Waals surface area contributed by atoms with E-state index in [9.17, 15) is 0 Å². The number of aliphatic imine (C=N–C) groups is 1. The van der Waals surface area contributed by atoms with Gasteiger partial charge in [-0.2, -0.15) is 0 Å². The lowest BCUT2D eigenvalue weighted by molar-refractivity contribution is 0.141. The molecule has 158 valence electrons. The molecule has 1 aliphatic carbocycles. The van der Waals surface area contributed by atoms with Gasteiger partial charge in [0.15, 0.2) is 17.5 Å². The van der Waals surface area contributed by atoms with Gasteiger partial charge in [0.05, 0.1) is 13.2 Å². The summed E-state index contributed by atoms with van der Waals surface area (Å²) in [5.41, 5.74) is 1.24. The highest BCUT2D eigenvalue weighted by atomic mass is 127. The van der Waals surface area contributed by atoms with E-state index >= 15 is 0 Å². The van der Waals surface area contributed by atoms with Crippen molar-refractivity contribution in [3.63, 3.8) is 0 Å². The molecule has 1 heterocycles. The number of methoxy groups -OCH3 is 1. The van der Waals surface area contributed by atoms with Gasteiger partial charge in [-0.1, -0.05) is 12.8 Å². The van der Waals surface area contributed by atoms with Crippen molar-refractivity contribution in [1.29, 1.82) is 0 Å². The Hall–Kier alpha value is -1.22. The van der Waals surface area contributed by atoms with Crippen molar-refractivity contribution >= 4 is 35.6 Å². The molecule has 1 fully saturated rings. The summed E-state index contributed by atoms with van der Waals surface area (Å²) in [6, 6.07) is 5.96. The SMILES string of the molecule is CCNC(=NCC1(CCOC)CCCC1)Nc1ccc2c(c1)OCCCO2.I. The molecule has 0 spiro atoms. The average Bonchev–Trinajstić information content (AvgIpc) is 3.02. The molecule has 0 atom stereocenters. The highest BCUT2D eigenvalue weighted by Crippen LogP contribution is 2.41. The third kappa shape index (κ3) is 6.40. The van der Waals surface area contributed by atoms with Crippen LogP contribution in [0.3, 0.4) is 0 Å². The highest BCUT2D eigenvalue weighted by Gasteiger charge is 2.33. The fraction of sp³-hybridized carbons (Fsp3) is 0.667. The molecule has 1 aromatic carbocycles. The summed E-state index contributed by atoms with van der Waals surface area (Å²) in [5.74, 6) is 2.42. The third-order valence-electron chi connectivity index (χ3n) is 5.43. The molecule has 1 aliphatic heterocycles. The number of anilines is 1. The van der Waals surface area contributed by atoms with Crippen LogP contribution in [0.1, 0.15) is 45.4 Å². The summed E-state index contributed by atoms with van der Waals surface area (Å²) in [5, 5.41) is 6.78. The Morgan fingerprint density at radius 1 is 1.14 bits per heavy atom. The van der Waals surface area contributed by atoms with E-state index in [-0.39, 0.29) is 29.4 Å². The lowest BCUT2D eigenvalue weighted by atomic mass is 9.83. The van der Waals surface area contributed by atoms with Crippen LogP contribution < -0.4 is 20.1 Å². The number of rotatable bonds is 7. The largest absolute Gasteiger partial charge is 0.490 e. The first-order valence-corrected chi connectivity index (χ1v) is 10.2. The van der Waals surface area contributed by atoms with Gasteiger partial charge < -0.3 is 24.8 Å². The maximum atomic E-state index is 5.79. The van der Waals surface area contributed by atoms with Gasteiger partial charge in [0, 0.05) is 45.0 Å². The molecule has 0 radical (unpaired) electrons. The lowest BCUT2D eigenvalue weighted by Crippen LogP contribution is -2.33. The minimum atomic E-state index is 0. The smallest absolute Gasteiger partial charge is 0.195 e. The van der Waals surface area contributed by atoms with Crippen molar-refractivity contribution in [3.8, 4) is 11.5 Å². The molecule has 0 saturated heterocycles. The van der Waals surface area contributed by atoms with E-state index in [4.69, 9.17) is 19.2 Å². The van der Waals surface area contributed by atoms with Gasteiger partial charge >= 0.3 is 0 Å². The number of guanidine groups is 1. The maximum Gasteiger partial charge on any atom is 0.195 e. The number of benzene rings is 1. The predicted octanol–water partition coefficient (Wildman–Crippen LogP) is 4.44. The molecular weight excluding hydrogens is 469 g/mol. The molecule has 0 unspecified atom stereocenters. The topological polar surface area (TPSA) is 64.1 Å². The second-order valence-corrected chi connectivity index (χ2v) is 7.48. The first kappa shape index (κ1) is 23.1. The fourth-order valence-electron chi connectivity index (χ4n) is 3.86. The minimum absolute atomic E-state index is 0. The second-order valence-electron chi connectivity index (χ2n) is 7.48. The molecule has 1 aromatic rings. The van der Waals surface area contributed by atoms with Gasteiger partial charge in [0.25, 0.3) is 0 Å². The van der Waals surface area contributed by atoms with Crippen LogP contribution in [0, 0.1) is 5.41 Å². The van der Waals surface area contributed by atoms with E-state index < -0.39 is 0 Å². The van der Waals surface area contributed by atoms with E-state index in [1.165, 1.54) is 25.7 Å². The number of fused-ring (bicyclic) bond motifs is 1. The van der Waals surface area contributed by atoms with Crippen LogP contribution in [0.25, 0.3) is 0 Å². The van der Waals surface area contributed by atoms with Crippen molar-refractivity contribution in [3.05, 3.63) is 18.2 Å². The Labute approximate surface area is 185 Å². The molecule has 7 heteroatoms. The van der Waals surface area contributed by atoms with Crippen molar-refractivity contribution < 1.29 is 14.2 Å². The first-order valence-electron chi connectivity index (χ1n) is 10.2. The van der Waals surface area contributed by atoms with Gasteiger partial charge in [-0.05, 0) is 43.7 Å². The number of hydrogen-bond acceptors (Lipinski definition) is 4. The van der Waals surface area contributed by atoms with Crippen LogP contribution in [0.5, 0.6) is 11.5 Å². The van der Waals surface area contributed by atoms with Crippen LogP contribution in [0.2, 0.25) is 0 Å². The first-order chi connectivity index (χ1) is 13.2. The van der Waals surface area contributed by atoms with Gasteiger partial charge in [0.2, 0.25) is 0 Å². The van der Waals surface area contributed by atoms with Crippen molar-refractivity contribution in [2.75, 3.05) is 45.3 Å². The third-order valence-corrected chi connectivity index (χ3v) is 5.43. The Balaban J connectivity index is 0.00000280. The Kier molecular flexibility index (Phi) is 9.64. The highest BCUT2D eigenvalue weighted by molar-refractivity contribution is 14.0. The fourth-order valence-corrected chi connectivity index (χ4v) is 3.86. The molecule has 6 nitrogen and oxygen atoms in total. The number of nitrogens with zero attached hydrogens (tertiary/aromatic N) is 1. The monoisotopic (exact) mass is 503 g/mol. The molecule has 2 aliphatic rings. The minimum Gasteiger partial charge on any atom is -0.490 e. The van der Waals surface area contributed by atoms with Crippen LogP contribution in [-0.2, 0) is 4.74 Å². The Morgan fingerprint density at radius 3 is 2.61 bits per heavy atom. The van der Waals surface area contributed by atoms with Gasteiger partial charge in [-0.3, -0.25) is 4.99 Å². The molecular formula is C21H34IN3O3. The summed E-state index contributed by atoms with van der Waals surface area (Å²) in [4.78, 5) is 4.91. The maximum absolute atomic E-state index is 5.79. The summed E-state index contributed by atoms with van der Waals surface area (Å²) in [6.07, 6.45) is 7.06. The zero-order valence-electron chi connectivity index (χ0n) is 17.1. The summed E-state index contributed by atoms with van der Waals surface area (Å²) < 4.78 is 16.8. The number of halogens is 1. The predicted molar refractivity (Wildman–Crippen MR) is 124 cm³/mol. The number of nitrogens with one attached hydrogen (secondary N) is 2. The lowest BCUT2D eigenvalue weighted by Gasteiger charge is -2.27. The van der Waals surface area contributed by atoms with Gasteiger partial charge in [-0.15, -0.1) is 24.0 Å². The van der Waals surface area contributed by atoms with E-state index in [1.54, 1.807) is 7.11 Å². The quantitative estimate of drug-likeness (QED) is 0.327.